The van der Waals surface area contributed by atoms with Gasteiger partial charge in [-0.25, -0.2) is 9.78 Å². The number of rotatable bonds is 5. The van der Waals surface area contributed by atoms with Gasteiger partial charge >= 0.3 is 5.97 Å². The fourth-order valence-corrected chi connectivity index (χ4v) is 2.08. The monoisotopic (exact) mass is 240 g/mol. The van der Waals surface area contributed by atoms with E-state index in [9.17, 15) is 4.79 Å². The summed E-state index contributed by atoms with van der Waals surface area (Å²) < 4.78 is 4.65. The molecule has 1 aromatic heterocycles. The third-order valence-corrected chi connectivity index (χ3v) is 2.85. The van der Waals surface area contributed by atoms with Crippen LogP contribution < -0.4 is 0 Å². The van der Waals surface area contributed by atoms with Crippen molar-refractivity contribution < 1.29 is 9.53 Å². The summed E-state index contributed by atoms with van der Waals surface area (Å²) in [6, 6.07) is 3.41. The minimum Gasteiger partial charge on any atom is -0.465 e. The van der Waals surface area contributed by atoms with Crippen molar-refractivity contribution in [1.29, 1.82) is 0 Å². The third-order valence-electron chi connectivity index (χ3n) is 1.94. The van der Waals surface area contributed by atoms with Crippen molar-refractivity contribution in [3.8, 4) is 0 Å². The number of ether oxygens (including phenoxy) is 1. The standard InChI is InChI=1S/C11H16N2O2S/c1-13(2)6-7-16-10-8-9(4-5-12-10)11(14)15-3/h4-5,8H,6-7H2,1-3H3. The molecule has 0 spiro atoms. The lowest BCUT2D eigenvalue weighted by molar-refractivity contribution is 0.0600. The van der Waals surface area contributed by atoms with E-state index in [1.54, 1.807) is 30.1 Å². The molecule has 0 aliphatic heterocycles. The average molecular weight is 240 g/mol. The van der Waals surface area contributed by atoms with Gasteiger partial charge in [-0.3, -0.25) is 0 Å². The highest BCUT2D eigenvalue weighted by molar-refractivity contribution is 7.99. The van der Waals surface area contributed by atoms with Crippen LogP contribution in [0.2, 0.25) is 0 Å². The van der Waals surface area contributed by atoms with Crippen LogP contribution in [0, 0.1) is 0 Å². The van der Waals surface area contributed by atoms with Gasteiger partial charge in [0.2, 0.25) is 0 Å². The highest BCUT2D eigenvalue weighted by Gasteiger charge is 2.06. The molecule has 1 heterocycles. The van der Waals surface area contributed by atoms with Crippen LogP contribution in [-0.4, -0.2) is 49.4 Å². The van der Waals surface area contributed by atoms with Crippen LogP contribution in [0.3, 0.4) is 0 Å². The summed E-state index contributed by atoms with van der Waals surface area (Å²) in [5.74, 6) is 0.627. The van der Waals surface area contributed by atoms with E-state index >= 15 is 0 Å². The Bertz CT molecular complexity index is 356. The molecule has 0 N–H and O–H groups in total. The molecule has 88 valence electrons. The van der Waals surface area contributed by atoms with Gasteiger partial charge in [0.25, 0.3) is 0 Å². The zero-order valence-corrected chi connectivity index (χ0v) is 10.6. The summed E-state index contributed by atoms with van der Waals surface area (Å²) >= 11 is 1.63. The maximum Gasteiger partial charge on any atom is 0.337 e. The summed E-state index contributed by atoms with van der Waals surface area (Å²) in [6.07, 6.45) is 1.63. The SMILES string of the molecule is COC(=O)c1ccnc(SCCN(C)C)c1. The first kappa shape index (κ1) is 13.0. The predicted molar refractivity (Wildman–Crippen MR) is 64.9 cm³/mol. The summed E-state index contributed by atoms with van der Waals surface area (Å²) in [7, 11) is 5.43. The van der Waals surface area contributed by atoms with Gasteiger partial charge in [-0.2, -0.15) is 0 Å². The smallest absolute Gasteiger partial charge is 0.337 e. The fourth-order valence-electron chi connectivity index (χ4n) is 1.07. The number of nitrogens with zero attached hydrogens (tertiary/aromatic N) is 2. The first-order valence-corrected chi connectivity index (χ1v) is 5.94. The van der Waals surface area contributed by atoms with Gasteiger partial charge in [-0.1, -0.05) is 0 Å². The van der Waals surface area contributed by atoms with Crippen LogP contribution in [0.5, 0.6) is 0 Å². The number of hydrogen-bond donors (Lipinski definition) is 0. The zero-order chi connectivity index (χ0) is 12.0. The maximum absolute atomic E-state index is 11.3. The molecule has 0 aliphatic rings. The molecule has 0 atom stereocenters. The Morgan fingerprint density at radius 3 is 2.94 bits per heavy atom. The van der Waals surface area contributed by atoms with E-state index in [-0.39, 0.29) is 5.97 Å². The van der Waals surface area contributed by atoms with E-state index in [1.807, 2.05) is 14.1 Å². The van der Waals surface area contributed by atoms with E-state index in [4.69, 9.17) is 0 Å². The van der Waals surface area contributed by atoms with Crippen LogP contribution in [0.1, 0.15) is 10.4 Å². The Kier molecular flexibility index (Phi) is 5.28. The normalized spacial score (nSPS) is 10.5. The molecule has 1 rings (SSSR count). The molecule has 16 heavy (non-hydrogen) atoms. The summed E-state index contributed by atoms with van der Waals surface area (Å²) in [5, 5.41) is 0.852. The Morgan fingerprint density at radius 2 is 2.31 bits per heavy atom. The first-order chi connectivity index (χ1) is 7.63. The van der Waals surface area contributed by atoms with Crippen molar-refractivity contribution in [2.75, 3.05) is 33.5 Å². The second-order valence-corrected chi connectivity index (χ2v) is 4.64. The highest BCUT2D eigenvalue weighted by Crippen LogP contribution is 2.16. The number of carbonyl (C=O) groups is 1. The van der Waals surface area contributed by atoms with Gasteiger partial charge in [0, 0.05) is 18.5 Å². The molecule has 0 saturated carbocycles. The molecule has 0 fully saturated rings. The van der Waals surface area contributed by atoms with Crippen molar-refractivity contribution in [1.82, 2.24) is 9.88 Å². The number of thioether (sulfide) groups is 1. The zero-order valence-electron chi connectivity index (χ0n) is 9.77. The second-order valence-electron chi connectivity index (χ2n) is 3.53. The van der Waals surface area contributed by atoms with Gasteiger partial charge in [0.15, 0.2) is 0 Å². The van der Waals surface area contributed by atoms with E-state index in [1.165, 1.54) is 7.11 Å². The molecule has 0 saturated heterocycles. The van der Waals surface area contributed by atoms with Crippen LogP contribution in [0.15, 0.2) is 23.4 Å². The lowest BCUT2D eigenvalue weighted by atomic mass is 10.3. The topological polar surface area (TPSA) is 42.4 Å². The molecule has 4 nitrogen and oxygen atoms in total. The van der Waals surface area contributed by atoms with Gasteiger partial charge in [-0.05, 0) is 26.2 Å². The lowest BCUT2D eigenvalue weighted by Crippen LogP contribution is -2.14. The van der Waals surface area contributed by atoms with Crippen molar-refractivity contribution in [2.24, 2.45) is 0 Å². The number of aromatic nitrogens is 1. The molecule has 5 heteroatoms. The number of methoxy groups -OCH3 is 1. The first-order valence-electron chi connectivity index (χ1n) is 4.95. The van der Waals surface area contributed by atoms with Crippen LogP contribution in [-0.2, 0) is 4.74 Å². The molecule has 0 aliphatic carbocycles. The number of carbonyl (C=O) groups excluding carboxylic acids is 1. The van der Waals surface area contributed by atoms with Gasteiger partial charge in [0.05, 0.1) is 17.7 Å². The maximum atomic E-state index is 11.3. The van der Waals surface area contributed by atoms with Crippen LogP contribution >= 0.6 is 11.8 Å². The summed E-state index contributed by atoms with van der Waals surface area (Å²) in [6.45, 7) is 0.981. The predicted octanol–water partition coefficient (Wildman–Crippen LogP) is 1.52. The van der Waals surface area contributed by atoms with E-state index in [0.29, 0.717) is 5.56 Å². The van der Waals surface area contributed by atoms with E-state index in [0.717, 1.165) is 17.3 Å². The molecular formula is C11H16N2O2S. The Labute approximate surface area is 100.0 Å². The van der Waals surface area contributed by atoms with Crippen molar-refractivity contribution in [3.05, 3.63) is 23.9 Å². The quantitative estimate of drug-likeness (QED) is 0.576. The van der Waals surface area contributed by atoms with Crippen molar-refractivity contribution in [3.63, 3.8) is 0 Å². The molecular weight excluding hydrogens is 224 g/mol. The molecule has 0 amide bonds. The largest absolute Gasteiger partial charge is 0.465 e. The summed E-state index contributed by atoms with van der Waals surface area (Å²) in [4.78, 5) is 17.6. The average Bonchev–Trinajstić information content (AvgIpc) is 2.28. The molecule has 0 unspecified atom stereocenters. The molecule has 0 bridgehead atoms. The number of esters is 1. The minimum atomic E-state index is -0.322. The van der Waals surface area contributed by atoms with Crippen molar-refractivity contribution in [2.45, 2.75) is 5.03 Å². The Morgan fingerprint density at radius 1 is 1.56 bits per heavy atom. The molecule has 1 aromatic rings. The van der Waals surface area contributed by atoms with Gasteiger partial charge in [0.1, 0.15) is 0 Å². The van der Waals surface area contributed by atoms with Crippen LogP contribution in [0.25, 0.3) is 0 Å². The van der Waals surface area contributed by atoms with Crippen molar-refractivity contribution >= 4 is 17.7 Å². The minimum absolute atomic E-state index is 0.322. The number of hydrogen-bond acceptors (Lipinski definition) is 5. The van der Waals surface area contributed by atoms with E-state index in [2.05, 4.69) is 14.6 Å². The Hall–Kier alpha value is -1.07. The van der Waals surface area contributed by atoms with Crippen LogP contribution in [0.4, 0.5) is 0 Å². The summed E-state index contributed by atoms with van der Waals surface area (Å²) in [5.41, 5.74) is 0.546. The van der Waals surface area contributed by atoms with E-state index < -0.39 is 0 Å². The Balaban J connectivity index is 2.57. The van der Waals surface area contributed by atoms with Gasteiger partial charge in [-0.15, -0.1) is 11.8 Å². The lowest BCUT2D eigenvalue weighted by Gasteiger charge is -2.08. The number of pyridine rings is 1. The highest BCUT2D eigenvalue weighted by atomic mass is 32.2. The van der Waals surface area contributed by atoms with Gasteiger partial charge < -0.3 is 9.64 Å². The fraction of sp³-hybridized carbons (Fsp3) is 0.455. The third kappa shape index (κ3) is 4.20. The molecule has 0 aromatic carbocycles. The second kappa shape index (κ2) is 6.50. The molecule has 0 radical (unpaired) electrons.